The number of nitrogens with zero attached hydrogens (tertiary/aromatic N) is 2. The maximum Gasteiger partial charge on any atom is 0.161 e. The standard InChI is InChI=1S/C28H36N4O2/c1-33-26-8-6-21(17-27(26)34-2)28-30-23-7-5-19(15-24(23)31-28)20-11-14-32(22-9-12-29-13-10-22)25(16-20)18-3-4-18/h5-8,15,17-18,20,22,25,29H,3-4,9-14,16H2,1-2H3,(H,30,31)/t20?,25-/m1/s1. The van der Waals surface area contributed by atoms with Gasteiger partial charge in [-0.25, -0.2) is 4.98 Å². The maximum absolute atomic E-state index is 5.48. The average Bonchev–Trinajstić information content (AvgIpc) is 3.66. The van der Waals surface area contributed by atoms with Gasteiger partial charge < -0.3 is 19.8 Å². The minimum absolute atomic E-state index is 0.640. The highest BCUT2D eigenvalue weighted by Gasteiger charge is 2.42. The number of hydrogen-bond donors (Lipinski definition) is 2. The molecule has 1 unspecified atom stereocenters. The Bertz CT molecular complexity index is 1150. The Morgan fingerprint density at radius 2 is 1.74 bits per heavy atom. The predicted octanol–water partition coefficient (Wildman–Crippen LogP) is 4.96. The summed E-state index contributed by atoms with van der Waals surface area (Å²) in [5, 5.41) is 3.54. The number of rotatable bonds is 6. The molecule has 0 spiro atoms. The van der Waals surface area contributed by atoms with Gasteiger partial charge in [0.25, 0.3) is 0 Å². The first-order valence-corrected chi connectivity index (χ1v) is 12.9. The largest absolute Gasteiger partial charge is 0.493 e. The molecule has 1 aromatic heterocycles. The quantitative estimate of drug-likeness (QED) is 0.545. The van der Waals surface area contributed by atoms with Gasteiger partial charge in [0.1, 0.15) is 5.82 Å². The van der Waals surface area contributed by atoms with Crippen molar-refractivity contribution in [3.8, 4) is 22.9 Å². The van der Waals surface area contributed by atoms with Crippen LogP contribution in [0.25, 0.3) is 22.4 Å². The third kappa shape index (κ3) is 4.18. The van der Waals surface area contributed by atoms with E-state index in [1.54, 1.807) is 14.2 Å². The zero-order valence-corrected chi connectivity index (χ0v) is 20.3. The highest BCUT2D eigenvalue weighted by atomic mass is 16.5. The topological polar surface area (TPSA) is 62.4 Å². The van der Waals surface area contributed by atoms with Crippen LogP contribution in [0.3, 0.4) is 0 Å². The van der Waals surface area contributed by atoms with Crippen LogP contribution in [-0.2, 0) is 0 Å². The second kappa shape index (κ2) is 9.23. The molecule has 6 heteroatoms. The number of likely N-dealkylation sites (tertiary alicyclic amines) is 1. The fourth-order valence-electron chi connectivity index (χ4n) is 6.26. The molecule has 6 nitrogen and oxygen atoms in total. The van der Waals surface area contributed by atoms with Crippen molar-refractivity contribution >= 4 is 11.0 Å². The molecule has 0 radical (unpaired) electrons. The number of aromatic amines is 1. The summed E-state index contributed by atoms with van der Waals surface area (Å²) in [6.07, 6.45) is 8.03. The zero-order valence-electron chi connectivity index (χ0n) is 20.3. The molecule has 3 aliphatic rings. The van der Waals surface area contributed by atoms with Crippen molar-refractivity contribution in [1.29, 1.82) is 0 Å². The van der Waals surface area contributed by atoms with E-state index in [2.05, 4.69) is 33.4 Å². The Hall–Kier alpha value is -2.57. The molecule has 3 heterocycles. The smallest absolute Gasteiger partial charge is 0.161 e. The Labute approximate surface area is 202 Å². The number of benzene rings is 2. The van der Waals surface area contributed by atoms with Crippen LogP contribution in [0.1, 0.15) is 50.0 Å². The van der Waals surface area contributed by atoms with Crippen molar-refractivity contribution in [2.24, 2.45) is 5.92 Å². The molecule has 0 amide bonds. The summed E-state index contributed by atoms with van der Waals surface area (Å²) >= 11 is 0. The molecule has 2 atom stereocenters. The second-order valence-corrected chi connectivity index (χ2v) is 10.3. The molecule has 2 aromatic carbocycles. The van der Waals surface area contributed by atoms with Crippen LogP contribution < -0.4 is 14.8 Å². The van der Waals surface area contributed by atoms with Gasteiger partial charge in [-0.2, -0.15) is 0 Å². The Morgan fingerprint density at radius 1 is 0.912 bits per heavy atom. The number of hydrogen-bond acceptors (Lipinski definition) is 5. The van der Waals surface area contributed by atoms with E-state index in [4.69, 9.17) is 14.5 Å². The van der Waals surface area contributed by atoms with Gasteiger partial charge in [-0.1, -0.05) is 6.07 Å². The molecule has 180 valence electrons. The SMILES string of the molecule is COc1ccc(-c2nc3ccc(C4CCN(C5CCNCC5)[C@@H](C5CC5)C4)cc3[nH]2)cc1OC. The molecule has 1 saturated carbocycles. The first-order valence-electron chi connectivity index (χ1n) is 12.9. The first kappa shape index (κ1) is 21.9. The van der Waals surface area contributed by atoms with E-state index in [-0.39, 0.29) is 0 Å². The summed E-state index contributed by atoms with van der Waals surface area (Å²) in [5.41, 5.74) is 4.59. The Kier molecular flexibility index (Phi) is 5.95. The number of imidazole rings is 1. The molecular formula is C28H36N4O2. The minimum Gasteiger partial charge on any atom is -0.493 e. The number of methoxy groups -OCH3 is 2. The van der Waals surface area contributed by atoms with Crippen LogP contribution in [0, 0.1) is 5.92 Å². The van der Waals surface area contributed by atoms with Crippen molar-refractivity contribution in [2.45, 2.75) is 56.5 Å². The summed E-state index contributed by atoms with van der Waals surface area (Å²) in [4.78, 5) is 11.3. The molecule has 3 aromatic rings. The number of aromatic nitrogens is 2. The number of ether oxygens (including phenoxy) is 2. The van der Waals surface area contributed by atoms with Crippen LogP contribution in [0.15, 0.2) is 36.4 Å². The van der Waals surface area contributed by atoms with E-state index in [1.165, 1.54) is 63.7 Å². The lowest BCUT2D eigenvalue weighted by molar-refractivity contribution is 0.0557. The third-order valence-electron chi connectivity index (χ3n) is 8.27. The lowest BCUT2D eigenvalue weighted by Crippen LogP contribution is -2.52. The summed E-state index contributed by atoms with van der Waals surface area (Å²) in [5.74, 6) is 3.87. The van der Waals surface area contributed by atoms with Crippen molar-refractivity contribution in [3.05, 3.63) is 42.0 Å². The Morgan fingerprint density at radius 3 is 2.50 bits per heavy atom. The number of nitrogens with one attached hydrogen (secondary N) is 2. The van der Waals surface area contributed by atoms with Crippen LogP contribution >= 0.6 is 0 Å². The molecule has 2 N–H and O–H groups in total. The van der Waals surface area contributed by atoms with Gasteiger partial charge >= 0.3 is 0 Å². The van der Waals surface area contributed by atoms with Gasteiger partial charge in [0.05, 0.1) is 25.3 Å². The maximum atomic E-state index is 5.48. The summed E-state index contributed by atoms with van der Waals surface area (Å²) in [6.45, 7) is 3.61. The van der Waals surface area contributed by atoms with Crippen molar-refractivity contribution in [3.63, 3.8) is 0 Å². The number of fused-ring (bicyclic) bond motifs is 1. The van der Waals surface area contributed by atoms with Crippen LogP contribution in [0.4, 0.5) is 0 Å². The number of piperidine rings is 2. The van der Waals surface area contributed by atoms with Crippen LogP contribution in [-0.4, -0.2) is 60.8 Å². The van der Waals surface area contributed by atoms with Crippen molar-refractivity contribution in [2.75, 3.05) is 33.9 Å². The fourth-order valence-corrected chi connectivity index (χ4v) is 6.26. The van der Waals surface area contributed by atoms with E-state index >= 15 is 0 Å². The van der Waals surface area contributed by atoms with Crippen molar-refractivity contribution in [1.82, 2.24) is 20.2 Å². The van der Waals surface area contributed by atoms with Crippen LogP contribution in [0.5, 0.6) is 11.5 Å². The zero-order chi connectivity index (χ0) is 23.1. The monoisotopic (exact) mass is 460 g/mol. The predicted molar refractivity (Wildman–Crippen MR) is 136 cm³/mol. The van der Waals surface area contributed by atoms with Crippen molar-refractivity contribution < 1.29 is 9.47 Å². The summed E-state index contributed by atoms with van der Waals surface area (Å²) in [7, 11) is 3.32. The molecule has 2 saturated heterocycles. The fraction of sp³-hybridized carbons (Fsp3) is 0.536. The molecule has 34 heavy (non-hydrogen) atoms. The normalized spacial score (nSPS) is 24.4. The minimum atomic E-state index is 0.640. The third-order valence-corrected chi connectivity index (χ3v) is 8.27. The van der Waals surface area contributed by atoms with Crippen LogP contribution in [0.2, 0.25) is 0 Å². The molecule has 0 bridgehead atoms. The average molecular weight is 461 g/mol. The highest BCUT2D eigenvalue weighted by Crippen LogP contribution is 2.45. The lowest BCUT2D eigenvalue weighted by Gasteiger charge is -2.45. The van der Waals surface area contributed by atoms with Gasteiger partial charge in [-0.3, -0.25) is 4.90 Å². The van der Waals surface area contributed by atoms with E-state index in [0.29, 0.717) is 11.7 Å². The van der Waals surface area contributed by atoms with E-state index in [9.17, 15) is 0 Å². The number of H-pyrrole nitrogens is 1. The van der Waals surface area contributed by atoms with Gasteiger partial charge in [0.15, 0.2) is 11.5 Å². The first-order chi connectivity index (χ1) is 16.7. The molecule has 2 aliphatic heterocycles. The molecule has 3 fully saturated rings. The van der Waals surface area contributed by atoms with Gasteiger partial charge in [0.2, 0.25) is 0 Å². The Balaban J connectivity index is 1.23. The van der Waals surface area contributed by atoms with E-state index < -0.39 is 0 Å². The summed E-state index contributed by atoms with van der Waals surface area (Å²) < 4.78 is 10.9. The molecule has 6 rings (SSSR count). The lowest BCUT2D eigenvalue weighted by atomic mass is 9.82. The van der Waals surface area contributed by atoms with Gasteiger partial charge in [-0.15, -0.1) is 0 Å². The molecular weight excluding hydrogens is 424 g/mol. The molecule has 1 aliphatic carbocycles. The van der Waals surface area contributed by atoms with E-state index in [1.807, 2.05) is 18.2 Å². The highest BCUT2D eigenvalue weighted by molar-refractivity contribution is 5.80. The van der Waals surface area contributed by atoms with Gasteiger partial charge in [-0.05, 0) is 106 Å². The van der Waals surface area contributed by atoms with E-state index in [0.717, 1.165) is 46.2 Å². The second-order valence-electron chi connectivity index (χ2n) is 10.3. The summed E-state index contributed by atoms with van der Waals surface area (Å²) in [6, 6.07) is 14.3. The van der Waals surface area contributed by atoms with Gasteiger partial charge in [0, 0.05) is 17.6 Å².